The van der Waals surface area contributed by atoms with E-state index in [1.807, 2.05) is 0 Å². The molecular formula is C13H8Cl3NO4. The van der Waals surface area contributed by atoms with Gasteiger partial charge in [-0.1, -0.05) is 40.9 Å². The van der Waals surface area contributed by atoms with Crippen molar-refractivity contribution in [2.24, 2.45) is 0 Å². The Morgan fingerprint density at radius 1 is 1.10 bits per heavy atom. The van der Waals surface area contributed by atoms with E-state index in [2.05, 4.69) is 0 Å². The molecule has 21 heavy (non-hydrogen) atoms. The van der Waals surface area contributed by atoms with Crippen LogP contribution in [-0.2, 0) is 6.61 Å². The summed E-state index contributed by atoms with van der Waals surface area (Å²) in [5, 5.41) is 20.1. The lowest BCUT2D eigenvalue weighted by molar-refractivity contribution is -0.384. The Morgan fingerprint density at radius 3 is 2.19 bits per heavy atom. The highest BCUT2D eigenvalue weighted by molar-refractivity contribution is 6.37. The van der Waals surface area contributed by atoms with Gasteiger partial charge in [0.15, 0.2) is 5.75 Å². The van der Waals surface area contributed by atoms with Crippen LogP contribution in [-0.4, -0.2) is 10.0 Å². The number of hydrogen-bond acceptors (Lipinski definition) is 4. The van der Waals surface area contributed by atoms with E-state index in [9.17, 15) is 10.1 Å². The highest BCUT2D eigenvalue weighted by atomic mass is 35.5. The standard InChI is InChI=1S/C13H8Cl3NO4/c14-10-5-9(2-1-7(10)6-18)21-13-11(15)3-8(17(19)20)4-12(13)16/h1-5,18H,6H2. The monoisotopic (exact) mass is 347 g/mol. The molecule has 8 heteroatoms. The molecular weight excluding hydrogens is 341 g/mol. The zero-order valence-corrected chi connectivity index (χ0v) is 12.6. The zero-order valence-electron chi connectivity index (χ0n) is 10.3. The minimum atomic E-state index is -0.603. The first-order valence-electron chi connectivity index (χ1n) is 5.63. The second-order valence-corrected chi connectivity index (χ2v) is 5.23. The van der Waals surface area contributed by atoms with E-state index in [4.69, 9.17) is 44.6 Å². The summed E-state index contributed by atoms with van der Waals surface area (Å²) in [6, 6.07) is 6.94. The van der Waals surface area contributed by atoms with Gasteiger partial charge in [-0.15, -0.1) is 0 Å². The van der Waals surface area contributed by atoms with Gasteiger partial charge in [-0.3, -0.25) is 10.1 Å². The molecule has 0 unspecified atom stereocenters. The van der Waals surface area contributed by atoms with Crippen LogP contribution in [0.25, 0.3) is 0 Å². The quantitative estimate of drug-likeness (QED) is 0.634. The Labute approximate surface area is 134 Å². The van der Waals surface area contributed by atoms with Crippen LogP contribution in [0.1, 0.15) is 5.56 Å². The Balaban J connectivity index is 2.35. The molecule has 0 aromatic heterocycles. The van der Waals surface area contributed by atoms with Crippen LogP contribution >= 0.6 is 34.8 Å². The van der Waals surface area contributed by atoms with E-state index in [0.29, 0.717) is 16.3 Å². The molecule has 0 spiro atoms. The smallest absolute Gasteiger partial charge is 0.272 e. The first-order chi connectivity index (χ1) is 9.92. The van der Waals surface area contributed by atoms with Crippen molar-refractivity contribution in [3.05, 3.63) is 61.1 Å². The Hall–Kier alpha value is -1.53. The van der Waals surface area contributed by atoms with Crippen LogP contribution in [0.3, 0.4) is 0 Å². The van der Waals surface area contributed by atoms with Crippen LogP contribution in [0.5, 0.6) is 11.5 Å². The number of aliphatic hydroxyl groups is 1. The first-order valence-corrected chi connectivity index (χ1v) is 6.76. The van der Waals surface area contributed by atoms with E-state index in [0.717, 1.165) is 12.1 Å². The molecule has 2 aromatic carbocycles. The van der Waals surface area contributed by atoms with Crippen LogP contribution in [0.15, 0.2) is 30.3 Å². The Morgan fingerprint density at radius 2 is 1.71 bits per heavy atom. The maximum absolute atomic E-state index is 10.7. The van der Waals surface area contributed by atoms with Crippen molar-refractivity contribution >= 4 is 40.5 Å². The predicted octanol–water partition coefficient (Wildman–Crippen LogP) is 4.84. The fourth-order valence-electron chi connectivity index (χ4n) is 1.59. The fourth-order valence-corrected chi connectivity index (χ4v) is 2.37. The summed E-state index contributed by atoms with van der Waals surface area (Å²) in [6.45, 7) is -0.196. The van der Waals surface area contributed by atoms with Crippen molar-refractivity contribution in [3.63, 3.8) is 0 Å². The molecule has 0 radical (unpaired) electrons. The average Bonchev–Trinajstić information content (AvgIpc) is 2.42. The first kappa shape index (κ1) is 15.9. The summed E-state index contributed by atoms with van der Waals surface area (Å²) >= 11 is 17.8. The summed E-state index contributed by atoms with van der Waals surface area (Å²) in [7, 11) is 0. The van der Waals surface area contributed by atoms with Gasteiger partial charge < -0.3 is 9.84 Å². The van der Waals surface area contributed by atoms with Crippen molar-refractivity contribution < 1.29 is 14.8 Å². The summed E-state index contributed by atoms with van der Waals surface area (Å²) in [4.78, 5) is 10.1. The van der Waals surface area contributed by atoms with E-state index >= 15 is 0 Å². The van der Waals surface area contributed by atoms with Gasteiger partial charge in [0.25, 0.3) is 5.69 Å². The van der Waals surface area contributed by atoms with Gasteiger partial charge in [0.1, 0.15) is 5.75 Å². The molecule has 0 bridgehead atoms. The minimum Gasteiger partial charge on any atom is -0.454 e. The molecule has 0 aliphatic carbocycles. The van der Waals surface area contributed by atoms with Gasteiger partial charge >= 0.3 is 0 Å². The third kappa shape index (κ3) is 3.57. The number of ether oxygens (including phenoxy) is 1. The van der Waals surface area contributed by atoms with Gasteiger partial charge in [-0.2, -0.15) is 0 Å². The van der Waals surface area contributed by atoms with Crippen LogP contribution in [0, 0.1) is 10.1 Å². The molecule has 0 saturated heterocycles. The molecule has 2 rings (SSSR count). The number of nitrogens with zero attached hydrogens (tertiary/aromatic N) is 1. The minimum absolute atomic E-state index is 0.0107. The van der Waals surface area contributed by atoms with Crippen LogP contribution in [0.4, 0.5) is 5.69 Å². The number of aliphatic hydroxyl groups excluding tert-OH is 1. The zero-order chi connectivity index (χ0) is 15.6. The number of hydrogen-bond donors (Lipinski definition) is 1. The molecule has 0 fully saturated rings. The second-order valence-electron chi connectivity index (χ2n) is 4.01. The summed E-state index contributed by atoms with van der Waals surface area (Å²) < 4.78 is 5.50. The lowest BCUT2D eigenvalue weighted by atomic mass is 10.2. The maximum atomic E-state index is 10.7. The molecule has 0 amide bonds. The van der Waals surface area contributed by atoms with Crippen molar-refractivity contribution in [1.82, 2.24) is 0 Å². The summed E-state index contributed by atoms with van der Waals surface area (Å²) in [6.07, 6.45) is 0. The molecule has 2 aromatic rings. The molecule has 110 valence electrons. The molecule has 1 N–H and O–H groups in total. The lowest BCUT2D eigenvalue weighted by Crippen LogP contribution is -1.92. The second kappa shape index (κ2) is 6.49. The summed E-state index contributed by atoms with van der Waals surface area (Å²) in [5.74, 6) is 0.437. The molecule has 0 aliphatic heterocycles. The number of non-ortho nitro benzene ring substituents is 1. The van der Waals surface area contributed by atoms with Crippen LogP contribution in [0.2, 0.25) is 15.1 Å². The number of rotatable bonds is 4. The van der Waals surface area contributed by atoms with E-state index in [-0.39, 0.29) is 28.1 Å². The fraction of sp³-hybridized carbons (Fsp3) is 0.0769. The van der Waals surface area contributed by atoms with Gasteiger partial charge in [0.05, 0.1) is 21.6 Å². The van der Waals surface area contributed by atoms with Gasteiger partial charge in [-0.25, -0.2) is 0 Å². The predicted molar refractivity (Wildman–Crippen MR) is 80.6 cm³/mol. The van der Waals surface area contributed by atoms with Crippen molar-refractivity contribution in [1.29, 1.82) is 0 Å². The molecule has 0 atom stereocenters. The maximum Gasteiger partial charge on any atom is 0.272 e. The highest BCUT2D eigenvalue weighted by Crippen LogP contribution is 2.40. The van der Waals surface area contributed by atoms with Gasteiger partial charge in [0, 0.05) is 17.2 Å². The highest BCUT2D eigenvalue weighted by Gasteiger charge is 2.16. The third-order valence-corrected chi connectivity index (χ3v) is 3.52. The number of halogens is 3. The molecule has 0 saturated carbocycles. The number of nitro benzene ring substituents is 1. The average molecular weight is 349 g/mol. The van der Waals surface area contributed by atoms with E-state index < -0.39 is 4.92 Å². The Kier molecular flexibility index (Phi) is 4.90. The van der Waals surface area contributed by atoms with Crippen LogP contribution < -0.4 is 4.74 Å². The topological polar surface area (TPSA) is 72.6 Å². The SMILES string of the molecule is O=[N+]([O-])c1cc(Cl)c(Oc2ccc(CO)c(Cl)c2)c(Cl)c1. The van der Waals surface area contributed by atoms with Gasteiger partial charge in [0.2, 0.25) is 0 Å². The largest absolute Gasteiger partial charge is 0.454 e. The van der Waals surface area contributed by atoms with E-state index in [1.165, 1.54) is 6.07 Å². The van der Waals surface area contributed by atoms with E-state index in [1.54, 1.807) is 12.1 Å². The molecule has 0 heterocycles. The van der Waals surface area contributed by atoms with Crippen molar-refractivity contribution in [2.75, 3.05) is 0 Å². The normalized spacial score (nSPS) is 10.5. The number of nitro groups is 1. The molecule has 0 aliphatic rings. The molecule has 5 nitrogen and oxygen atoms in total. The Bertz CT molecular complexity index is 683. The van der Waals surface area contributed by atoms with Gasteiger partial charge in [-0.05, 0) is 17.7 Å². The van der Waals surface area contributed by atoms with Crippen molar-refractivity contribution in [3.8, 4) is 11.5 Å². The van der Waals surface area contributed by atoms with Crippen molar-refractivity contribution in [2.45, 2.75) is 6.61 Å². The lowest BCUT2D eigenvalue weighted by Gasteiger charge is -2.10. The third-order valence-electron chi connectivity index (χ3n) is 2.61. The number of benzene rings is 2. The summed E-state index contributed by atoms with van der Waals surface area (Å²) in [5.41, 5.74) is 0.316.